The number of nitrogens with zero attached hydrogens (tertiary/aromatic N) is 1. The van der Waals surface area contributed by atoms with Crippen LogP contribution in [0.2, 0.25) is 0 Å². The second kappa shape index (κ2) is 21.7. The molecule has 25 heavy (non-hydrogen) atoms. The van der Waals surface area contributed by atoms with Crippen LogP contribution < -0.4 is 0 Å². The summed E-state index contributed by atoms with van der Waals surface area (Å²) in [4.78, 5) is 2.70. The van der Waals surface area contributed by atoms with Crippen molar-refractivity contribution in [2.75, 3.05) is 19.6 Å². The van der Waals surface area contributed by atoms with Gasteiger partial charge in [0.25, 0.3) is 0 Å². The van der Waals surface area contributed by atoms with Crippen LogP contribution in [0.5, 0.6) is 0 Å². The zero-order valence-electron chi connectivity index (χ0n) is 18.0. The Morgan fingerprint density at radius 3 is 1.44 bits per heavy atom. The van der Waals surface area contributed by atoms with Gasteiger partial charge in [-0.25, -0.2) is 0 Å². The van der Waals surface area contributed by atoms with E-state index in [9.17, 15) is 0 Å². The molecule has 0 fully saturated rings. The van der Waals surface area contributed by atoms with E-state index in [0.717, 1.165) is 0 Å². The van der Waals surface area contributed by atoms with Gasteiger partial charge in [0.1, 0.15) is 0 Å². The van der Waals surface area contributed by atoms with E-state index in [0.29, 0.717) is 0 Å². The molecule has 0 aromatic heterocycles. The van der Waals surface area contributed by atoms with Gasteiger partial charge in [-0.3, -0.25) is 4.90 Å². The lowest BCUT2D eigenvalue weighted by Gasteiger charge is -2.20. The van der Waals surface area contributed by atoms with Gasteiger partial charge in [-0.2, -0.15) is 0 Å². The minimum Gasteiger partial charge on any atom is -0.300 e. The predicted molar refractivity (Wildman–Crippen MR) is 116 cm³/mol. The Bertz CT molecular complexity index is 243. The van der Waals surface area contributed by atoms with E-state index in [2.05, 4.69) is 37.8 Å². The van der Waals surface area contributed by atoms with E-state index < -0.39 is 0 Å². The van der Waals surface area contributed by atoms with E-state index in [4.69, 9.17) is 0 Å². The summed E-state index contributed by atoms with van der Waals surface area (Å²) in [6.45, 7) is 10.7. The normalized spacial score (nSPS) is 11.8. The fourth-order valence-electron chi connectivity index (χ4n) is 3.38. The third-order valence-corrected chi connectivity index (χ3v) is 5.16. The molecule has 0 unspecified atom stereocenters. The average Bonchev–Trinajstić information content (AvgIpc) is 2.63. The Morgan fingerprint density at radius 2 is 0.920 bits per heavy atom. The average molecular weight is 352 g/mol. The highest BCUT2D eigenvalue weighted by molar-refractivity contribution is 4.85. The van der Waals surface area contributed by atoms with Crippen LogP contribution in [0.1, 0.15) is 124 Å². The van der Waals surface area contributed by atoms with Crippen LogP contribution in [-0.2, 0) is 0 Å². The molecule has 0 atom stereocenters. The molecule has 0 N–H and O–H groups in total. The number of hydrogen-bond donors (Lipinski definition) is 0. The van der Waals surface area contributed by atoms with Gasteiger partial charge in [0.05, 0.1) is 0 Å². The van der Waals surface area contributed by atoms with E-state index in [1.165, 1.54) is 122 Å². The molecule has 1 heteroatoms. The summed E-state index contributed by atoms with van der Waals surface area (Å²) in [6, 6.07) is 0. The number of allylic oxidation sites excluding steroid dienone is 1. The van der Waals surface area contributed by atoms with Crippen LogP contribution in [-0.4, -0.2) is 24.5 Å². The highest BCUT2D eigenvalue weighted by atomic mass is 15.1. The van der Waals surface area contributed by atoms with Crippen molar-refractivity contribution in [1.82, 2.24) is 4.90 Å². The molecule has 0 spiro atoms. The van der Waals surface area contributed by atoms with Crippen LogP contribution in [0.3, 0.4) is 0 Å². The molecule has 0 aromatic rings. The van der Waals surface area contributed by atoms with Gasteiger partial charge < -0.3 is 0 Å². The highest BCUT2D eigenvalue weighted by Crippen LogP contribution is 2.09. The summed E-state index contributed by atoms with van der Waals surface area (Å²) >= 11 is 0. The van der Waals surface area contributed by atoms with Crippen LogP contribution in [0.15, 0.2) is 12.2 Å². The molecular weight excluding hydrogens is 302 g/mol. The van der Waals surface area contributed by atoms with E-state index in [1.807, 2.05) is 0 Å². The highest BCUT2D eigenvalue weighted by Gasteiger charge is 2.03. The summed E-state index contributed by atoms with van der Waals surface area (Å²) in [5.41, 5.74) is 0. The van der Waals surface area contributed by atoms with Gasteiger partial charge in [-0.1, -0.05) is 110 Å². The Kier molecular flexibility index (Phi) is 21.5. The smallest absolute Gasteiger partial charge is 0.0163 e. The lowest BCUT2D eigenvalue weighted by Crippen LogP contribution is -2.26. The quantitative estimate of drug-likeness (QED) is 0.158. The molecule has 0 saturated heterocycles. The molecule has 0 saturated carbocycles. The van der Waals surface area contributed by atoms with Gasteiger partial charge in [0, 0.05) is 6.54 Å². The maximum absolute atomic E-state index is 2.70. The lowest BCUT2D eigenvalue weighted by molar-refractivity contribution is 0.286. The Balaban J connectivity index is 3.87. The first-order chi connectivity index (χ1) is 12.3. The number of hydrogen-bond acceptors (Lipinski definition) is 1. The molecule has 0 aliphatic heterocycles. The Morgan fingerprint density at radius 1 is 0.480 bits per heavy atom. The molecule has 0 aliphatic carbocycles. The van der Waals surface area contributed by atoms with Crippen molar-refractivity contribution in [3.63, 3.8) is 0 Å². The number of rotatable bonds is 20. The van der Waals surface area contributed by atoms with Gasteiger partial charge in [0.2, 0.25) is 0 Å². The van der Waals surface area contributed by atoms with E-state index in [-0.39, 0.29) is 0 Å². The van der Waals surface area contributed by atoms with Crippen molar-refractivity contribution in [2.45, 2.75) is 124 Å². The molecule has 0 rings (SSSR count). The maximum Gasteiger partial charge on any atom is 0.0163 e. The monoisotopic (exact) mass is 351 g/mol. The first kappa shape index (κ1) is 24.7. The molecule has 0 bridgehead atoms. The van der Waals surface area contributed by atoms with Crippen molar-refractivity contribution < 1.29 is 0 Å². The summed E-state index contributed by atoms with van der Waals surface area (Å²) in [6.07, 6.45) is 27.1. The SMILES string of the molecule is CCCCC/C=C/CN(CCCCCCCC)CCCCCCCC. The molecule has 0 radical (unpaired) electrons. The van der Waals surface area contributed by atoms with Crippen molar-refractivity contribution in [3.8, 4) is 0 Å². The topological polar surface area (TPSA) is 3.24 Å². The predicted octanol–water partition coefficient (Wildman–Crippen LogP) is 8.15. The Hall–Kier alpha value is -0.300. The first-order valence-corrected chi connectivity index (χ1v) is 11.7. The Labute approximate surface area is 160 Å². The van der Waals surface area contributed by atoms with Crippen molar-refractivity contribution in [3.05, 3.63) is 12.2 Å². The second-order valence-electron chi connectivity index (χ2n) is 7.80. The van der Waals surface area contributed by atoms with Crippen LogP contribution in [0.4, 0.5) is 0 Å². The third kappa shape index (κ3) is 19.9. The summed E-state index contributed by atoms with van der Waals surface area (Å²) in [5, 5.41) is 0. The van der Waals surface area contributed by atoms with E-state index in [1.54, 1.807) is 0 Å². The molecule has 0 heterocycles. The van der Waals surface area contributed by atoms with E-state index >= 15 is 0 Å². The van der Waals surface area contributed by atoms with Crippen molar-refractivity contribution >= 4 is 0 Å². The molecule has 0 amide bonds. The molecular formula is C24H49N. The second-order valence-corrected chi connectivity index (χ2v) is 7.80. The summed E-state index contributed by atoms with van der Waals surface area (Å²) in [7, 11) is 0. The minimum absolute atomic E-state index is 1.18. The summed E-state index contributed by atoms with van der Waals surface area (Å²) < 4.78 is 0. The molecule has 1 nitrogen and oxygen atoms in total. The molecule has 0 aliphatic rings. The minimum atomic E-state index is 1.18. The lowest BCUT2D eigenvalue weighted by atomic mass is 10.1. The van der Waals surface area contributed by atoms with Gasteiger partial charge in [-0.15, -0.1) is 0 Å². The van der Waals surface area contributed by atoms with Crippen LogP contribution in [0, 0.1) is 0 Å². The standard InChI is InChI=1S/C24H49N/c1-4-7-10-13-16-19-22-25(23-20-17-14-11-8-5-2)24-21-18-15-12-9-6-3/h16,19H,4-15,17-18,20-24H2,1-3H3/b19-16+. The van der Waals surface area contributed by atoms with Crippen molar-refractivity contribution in [2.24, 2.45) is 0 Å². The van der Waals surface area contributed by atoms with Gasteiger partial charge in [-0.05, 0) is 38.8 Å². The van der Waals surface area contributed by atoms with Gasteiger partial charge >= 0.3 is 0 Å². The van der Waals surface area contributed by atoms with Crippen molar-refractivity contribution in [1.29, 1.82) is 0 Å². The molecule has 150 valence electrons. The first-order valence-electron chi connectivity index (χ1n) is 11.7. The van der Waals surface area contributed by atoms with Crippen LogP contribution >= 0.6 is 0 Å². The largest absolute Gasteiger partial charge is 0.300 e. The summed E-state index contributed by atoms with van der Waals surface area (Å²) in [5.74, 6) is 0. The maximum atomic E-state index is 2.70. The fraction of sp³-hybridized carbons (Fsp3) is 0.917. The fourth-order valence-corrected chi connectivity index (χ4v) is 3.38. The van der Waals surface area contributed by atoms with Gasteiger partial charge in [0.15, 0.2) is 0 Å². The zero-order chi connectivity index (χ0) is 18.4. The molecule has 0 aromatic carbocycles. The van der Waals surface area contributed by atoms with Crippen LogP contribution in [0.25, 0.3) is 0 Å². The third-order valence-electron chi connectivity index (χ3n) is 5.16. The zero-order valence-corrected chi connectivity index (χ0v) is 18.0. The number of unbranched alkanes of at least 4 members (excludes halogenated alkanes) is 13.